The normalized spacial score (nSPS) is 12.1. The molecular formula is C12H13N7O6. The summed E-state index contributed by atoms with van der Waals surface area (Å²) >= 11 is 0. The first-order chi connectivity index (χ1) is 11.7. The number of hydrazone groups is 2. The molecule has 4 amide bonds. The van der Waals surface area contributed by atoms with Crippen LogP contribution in [0.25, 0.3) is 0 Å². The van der Waals surface area contributed by atoms with E-state index in [-0.39, 0.29) is 11.1 Å². The zero-order chi connectivity index (χ0) is 19.0. The molecule has 13 heteroatoms. The first-order valence-electron chi connectivity index (χ1n) is 6.35. The van der Waals surface area contributed by atoms with Crippen LogP contribution in [0.4, 0.5) is 15.3 Å². The smallest absolute Gasteiger partial charge is 0.332 e. The Morgan fingerprint density at radius 1 is 1.04 bits per heavy atom. The van der Waals surface area contributed by atoms with Crippen LogP contribution in [0, 0.1) is 5.21 Å². The maximum Gasteiger partial charge on any atom is 0.332 e. The summed E-state index contributed by atoms with van der Waals surface area (Å²) in [7, 11) is 0. The van der Waals surface area contributed by atoms with Crippen molar-refractivity contribution in [2.45, 2.75) is 0 Å². The van der Waals surface area contributed by atoms with Crippen molar-refractivity contribution in [1.29, 1.82) is 0 Å². The molecule has 1 rings (SSSR count). The van der Waals surface area contributed by atoms with Crippen molar-refractivity contribution in [1.82, 2.24) is 10.9 Å². The second-order valence-electron chi connectivity index (χ2n) is 4.26. The molecule has 0 aromatic heterocycles. The van der Waals surface area contributed by atoms with Crippen LogP contribution in [-0.2, 0) is 0 Å². The number of quaternary nitrogens is 1. The van der Waals surface area contributed by atoms with Gasteiger partial charge in [0.25, 0.3) is 0 Å². The van der Waals surface area contributed by atoms with Crippen LogP contribution in [0.15, 0.2) is 28.4 Å². The molecule has 132 valence electrons. The van der Waals surface area contributed by atoms with E-state index in [1.807, 2.05) is 0 Å². The average Bonchev–Trinajstić information content (AvgIpc) is 2.53. The minimum absolute atomic E-state index is 0.101. The largest absolute Gasteiger partial charge is 0.595 e. The number of carbonyl (C=O) groups is 4. The second kappa shape index (κ2) is 8.82. The third-order valence-corrected chi connectivity index (χ3v) is 2.51. The molecule has 13 nitrogen and oxygen atoms in total. The van der Waals surface area contributed by atoms with Crippen molar-refractivity contribution in [2.24, 2.45) is 21.7 Å². The van der Waals surface area contributed by atoms with Gasteiger partial charge < -0.3 is 16.7 Å². The highest BCUT2D eigenvalue weighted by Crippen LogP contribution is 2.14. The van der Waals surface area contributed by atoms with Crippen molar-refractivity contribution in [2.75, 3.05) is 0 Å². The number of hydrogen-bond donors (Lipinski definition) is 6. The number of carbonyl (C=O) groups excluding carboxylic acids is 4. The summed E-state index contributed by atoms with van der Waals surface area (Å²) < 4.78 is 0. The summed E-state index contributed by atoms with van der Waals surface area (Å²) in [5, 5.41) is 25.5. The van der Waals surface area contributed by atoms with E-state index in [2.05, 4.69) is 10.2 Å². The van der Waals surface area contributed by atoms with Crippen molar-refractivity contribution >= 4 is 41.7 Å². The van der Waals surface area contributed by atoms with Gasteiger partial charge in [-0.1, -0.05) is 0 Å². The molecule has 0 aliphatic rings. The number of urea groups is 2. The summed E-state index contributed by atoms with van der Waals surface area (Å²) in [6.45, 7) is 0. The van der Waals surface area contributed by atoms with Crippen LogP contribution in [-0.4, -0.2) is 41.3 Å². The van der Waals surface area contributed by atoms with Gasteiger partial charge in [-0.15, -0.1) is 0 Å². The monoisotopic (exact) mass is 351 g/mol. The van der Waals surface area contributed by atoms with Crippen LogP contribution in [0.5, 0.6) is 0 Å². The number of primary amides is 2. The Kier molecular flexibility index (Phi) is 6.83. The molecule has 8 N–H and O–H groups in total. The van der Waals surface area contributed by atoms with E-state index < -0.39 is 34.5 Å². The SMILES string of the molecule is NC(=O)NN=CC(=O)c1ccc(C(=O)C=NNC(N)=O)c([NH+]([O-])O)c1. The molecule has 0 spiro atoms. The second-order valence-corrected chi connectivity index (χ2v) is 4.26. The lowest BCUT2D eigenvalue weighted by molar-refractivity contribution is -0.991. The molecule has 0 saturated heterocycles. The first kappa shape index (κ1) is 19.4. The minimum Gasteiger partial charge on any atom is -0.595 e. The van der Waals surface area contributed by atoms with E-state index in [4.69, 9.17) is 11.5 Å². The van der Waals surface area contributed by atoms with Gasteiger partial charge in [-0.25, -0.2) is 25.6 Å². The van der Waals surface area contributed by atoms with E-state index in [0.29, 0.717) is 12.4 Å². The van der Waals surface area contributed by atoms with Gasteiger partial charge in [-0.3, -0.25) is 9.59 Å². The Hall–Kier alpha value is -3.68. The van der Waals surface area contributed by atoms with Crippen molar-refractivity contribution < 1.29 is 29.6 Å². The molecule has 0 bridgehead atoms. The molecule has 25 heavy (non-hydrogen) atoms. The molecule has 0 saturated carbocycles. The van der Waals surface area contributed by atoms with Gasteiger partial charge in [0.05, 0.1) is 18.0 Å². The Labute approximate surface area is 139 Å². The summed E-state index contributed by atoms with van der Waals surface area (Å²) in [6.07, 6.45) is 1.37. The van der Waals surface area contributed by atoms with E-state index in [0.717, 1.165) is 12.1 Å². The average molecular weight is 351 g/mol. The molecule has 1 unspecified atom stereocenters. The molecule has 0 fully saturated rings. The quantitative estimate of drug-likeness (QED) is 0.181. The van der Waals surface area contributed by atoms with Crippen LogP contribution in [0.2, 0.25) is 0 Å². The number of nitrogens with zero attached hydrogens (tertiary/aromatic N) is 2. The number of amides is 4. The number of nitrogens with two attached hydrogens (primary N) is 2. The fourth-order valence-corrected chi connectivity index (χ4v) is 1.54. The van der Waals surface area contributed by atoms with E-state index >= 15 is 0 Å². The highest BCUT2D eigenvalue weighted by Gasteiger charge is 2.18. The van der Waals surface area contributed by atoms with E-state index in [1.54, 1.807) is 10.9 Å². The van der Waals surface area contributed by atoms with Gasteiger partial charge in [0.15, 0.2) is 5.69 Å². The van der Waals surface area contributed by atoms with Gasteiger partial charge >= 0.3 is 12.1 Å². The molecule has 1 aromatic carbocycles. The van der Waals surface area contributed by atoms with Crippen LogP contribution < -0.4 is 27.5 Å². The molecule has 1 atom stereocenters. The van der Waals surface area contributed by atoms with Gasteiger partial charge in [-0.05, 0) is 12.1 Å². The predicted octanol–water partition coefficient (Wildman–Crippen LogP) is -2.24. The van der Waals surface area contributed by atoms with Gasteiger partial charge in [0.1, 0.15) is 0 Å². The van der Waals surface area contributed by atoms with E-state index in [1.165, 1.54) is 6.07 Å². The lowest BCUT2D eigenvalue weighted by Crippen LogP contribution is -2.99. The Bertz CT molecular complexity index is 758. The maximum atomic E-state index is 11.9. The molecule has 0 aliphatic heterocycles. The minimum atomic E-state index is -1.47. The fraction of sp³-hybridized carbons (Fsp3) is 0. The van der Waals surface area contributed by atoms with Crippen molar-refractivity contribution in [3.8, 4) is 0 Å². The number of benzene rings is 1. The molecule has 0 radical (unpaired) electrons. The standard InChI is InChI=1S/C12H13N7O6/c13-11(22)17-15-4-9(20)6-1-2-7(8(3-6)19(24)25)10(21)5-16-18-12(14)23/h1-5,19,24H,(H3,13,17,22)(H3,14,18,23). The van der Waals surface area contributed by atoms with E-state index in [9.17, 15) is 29.6 Å². The number of rotatable bonds is 7. The summed E-state index contributed by atoms with van der Waals surface area (Å²) in [6, 6.07) is 1.22. The Morgan fingerprint density at radius 2 is 1.56 bits per heavy atom. The highest BCUT2D eigenvalue weighted by atomic mass is 16.8. The predicted molar refractivity (Wildman–Crippen MR) is 83.3 cm³/mol. The zero-order valence-corrected chi connectivity index (χ0v) is 12.4. The Morgan fingerprint density at radius 3 is 2.04 bits per heavy atom. The fourth-order valence-electron chi connectivity index (χ4n) is 1.54. The first-order valence-corrected chi connectivity index (χ1v) is 6.35. The number of Topliss-reactive ketones (excluding diaryl/α,β-unsaturated/α-hetero) is 2. The van der Waals surface area contributed by atoms with Crippen LogP contribution in [0.3, 0.4) is 0 Å². The van der Waals surface area contributed by atoms with Gasteiger partial charge in [0, 0.05) is 11.6 Å². The molecule has 0 heterocycles. The van der Waals surface area contributed by atoms with Crippen LogP contribution >= 0.6 is 0 Å². The molecule has 0 aliphatic carbocycles. The molecule has 1 aromatic rings. The number of ketones is 2. The van der Waals surface area contributed by atoms with Gasteiger partial charge in [0.2, 0.25) is 11.6 Å². The van der Waals surface area contributed by atoms with Gasteiger partial charge in [-0.2, -0.15) is 15.4 Å². The van der Waals surface area contributed by atoms with Crippen LogP contribution in [0.1, 0.15) is 20.7 Å². The highest BCUT2D eigenvalue weighted by molar-refractivity contribution is 6.38. The van der Waals surface area contributed by atoms with Crippen molar-refractivity contribution in [3.63, 3.8) is 0 Å². The third-order valence-electron chi connectivity index (χ3n) is 2.51. The lowest BCUT2D eigenvalue weighted by atomic mass is 10.0. The molecular weight excluding hydrogens is 338 g/mol. The zero-order valence-electron chi connectivity index (χ0n) is 12.4. The summed E-state index contributed by atoms with van der Waals surface area (Å²) in [4.78, 5) is 44.6. The topological polar surface area (TPSA) is 217 Å². The Balaban J connectivity index is 3.07. The number of nitrogens with one attached hydrogen (secondary N) is 3. The lowest BCUT2D eigenvalue weighted by Gasteiger charge is -2.15. The maximum absolute atomic E-state index is 11.9. The summed E-state index contributed by atoms with van der Waals surface area (Å²) in [5.41, 5.74) is 12.2. The third kappa shape index (κ3) is 6.14. The number of hydrogen-bond acceptors (Lipinski definition) is 8. The summed E-state index contributed by atoms with van der Waals surface area (Å²) in [5.74, 6) is -1.58. The van der Waals surface area contributed by atoms with Crippen molar-refractivity contribution in [3.05, 3.63) is 34.5 Å².